The van der Waals surface area contributed by atoms with Crippen LogP contribution in [0.25, 0.3) is 0 Å². The molecule has 1 aromatic rings. The maximum Gasteiger partial charge on any atom is 0.123 e. The van der Waals surface area contributed by atoms with Crippen LogP contribution < -0.4 is 0 Å². The molecular formula is C13H15Cl2NO. The molecule has 17 heavy (non-hydrogen) atoms. The first-order valence-corrected chi connectivity index (χ1v) is 6.56. The Balaban J connectivity index is 1.93. The van der Waals surface area contributed by atoms with Crippen LogP contribution in [-0.2, 0) is 11.3 Å². The van der Waals surface area contributed by atoms with Crippen molar-refractivity contribution in [2.24, 2.45) is 5.92 Å². The lowest BCUT2D eigenvalue weighted by Crippen LogP contribution is -2.33. The lowest BCUT2D eigenvalue weighted by atomic mass is 9.98. The zero-order chi connectivity index (χ0) is 12.3. The molecule has 1 aliphatic rings. The number of piperidine rings is 1. The minimum Gasteiger partial charge on any atom is -0.303 e. The fourth-order valence-corrected chi connectivity index (χ4v) is 2.46. The van der Waals surface area contributed by atoms with E-state index in [-0.39, 0.29) is 5.92 Å². The molecule has 0 aromatic heterocycles. The summed E-state index contributed by atoms with van der Waals surface area (Å²) in [7, 11) is 0. The minimum atomic E-state index is 0.250. The van der Waals surface area contributed by atoms with E-state index in [1.54, 1.807) is 0 Å². The van der Waals surface area contributed by atoms with E-state index < -0.39 is 0 Å². The Bertz CT molecular complexity index is 400. The number of halogens is 2. The van der Waals surface area contributed by atoms with Crippen LogP contribution in [0.1, 0.15) is 18.4 Å². The smallest absolute Gasteiger partial charge is 0.123 e. The molecule has 0 spiro atoms. The summed E-state index contributed by atoms with van der Waals surface area (Å²) in [6, 6.07) is 5.74. The van der Waals surface area contributed by atoms with Gasteiger partial charge in [-0.1, -0.05) is 29.3 Å². The molecule has 0 aliphatic carbocycles. The van der Waals surface area contributed by atoms with Crippen molar-refractivity contribution in [3.05, 3.63) is 33.8 Å². The van der Waals surface area contributed by atoms with E-state index in [0.717, 1.165) is 38.8 Å². The summed E-state index contributed by atoms with van der Waals surface area (Å²) in [4.78, 5) is 13.0. The molecule has 0 bridgehead atoms. The standard InChI is InChI=1S/C13H15Cl2NO/c14-12-2-1-11(7-13(12)15)8-16-5-3-10(9-17)4-6-16/h1-2,7,9-10H,3-6,8H2. The van der Waals surface area contributed by atoms with Crippen molar-refractivity contribution < 1.29 is 4.79 Å². The molecule has 1 saturated heterocycles. The summed E-state index contributed by atoms with van der Waals surface area (Å²) in [6.45, 7) is 2.83. The van der Waals surface area contributed by atoms with Gasteiger partial charge in [0.15, 0.2) is 0 Å². The lowest BCUT2D eigenvalue weighted by molar-refractivity contribution is -0.112. The van der Waals surface area contributed by atoms with E-state index >= 15 is 0 Å². The highest BCUT2D eigenvalue weighted by Gasteiger charge is 2.18. The summed E-state index contributed by atoms with van der Waals surface area (Å²) in [6.07, 6.45) is 3.01. The highest BCUT2D eigenvalue weighted by molar-refractivity contribution is 6.42. The first-order chi connectivity index (χ1) is 8.19. The van der Waals surface area contributed by atoms with Crippen LogP contribution in [0.15, 0.2) is 18.2 Å². The van der Waals surface area contributed by atoms with Crippen LogP contribution in [0.5, 0.6) is 0 Å². The Morgan fingerprint density at radius 3 is 2.53 bits per heavy atom. The lowest BCUT2D eigenvalue weighted by Gasteiger charge is -2.29. The third-order valence-electron chi connectivity index (χ3n) is 3.21. The van der Waals surface area contributed by atoms with Crippen molar-refractivity contribution >= 4 is 29.5 Å². The first-order valence-electron chi connectivity index (χ1n) is 5.80. The Hall–Kier alpha value is -0.570. The molecule has 1 heterocycles. The second-order valence-corrected chi connectivity index (χ2v) is 5.31. The Kier molecular flexibility index (Phi) is 4.43. The number of likely N-dealkylation sites (tertiary alicyclic amines) is 1. The van der Waals surface area contributed by atoms with E-state index in [1.807, 2.05) is 18.2 Å². The number of carbonyl (C=O) groups is 1. The summed E-state index contributed by atoms with van der Waals surface area (Å²) in [5, 5.41) is 1.20. The van der Waals surface area contributed by atoms with Crippen LogP contribution >= 0.6 is 23.2 Å². The molecule has 0 atom stereocenters. The summed E-state index contributed by atoms with van der Waals surface area (Å²) in [5.74, 6) is 0.250. The van der Waals surface area contributed by atoms with Gasteiger partial charge in [0.2, 0.25) is 0 Å². The monoisotopic (exact) mass is 271 g/mol. The molecule has 2 rings (SSSR count). The van der Waals surface area contributed by atoms with Crippen molar-refractivity contribution in [3.63, 3.8) is 0 Å². The topological polar surface area (TPSA) is 20.3 Å². The zero-order valence-corrected chi connectivity index (χ0v) is 11.0. The number of hydrogen-bond donors (Lipinski definition) is 0. The maximum atomic E-state index is 10.7. The average Bonchev–Trinajstić information content (AvgIpc) is 2.35. The highest BCUT2D eigenvalue weighted by atomic mass is 35.5. The third-order valence-corrected chi connectivity index (χ3v) is 3.95. The molecule has 1 fully saturated rings. The van der Waals surface area contributed by atoms with Gasteiger partial charge in [0.05, 0.1) is 10.0 Å². The number of nitrogens with zero attached hydrogens (tertiary/aromatic N) is 1. The molecule has 0 radical (unpaired) electrons. The summed E-state index contributed by atoms with van der Waals surface area (Å²) >= 11 is 11.9. The average molecular weight is 272 g/mol. The molecule has 1 aromatic carbocycles. The molecule has 0 saturated carbocycles. The second kappa shape index (κ2) is 5.85. The van der Waals surface area contributed by atoms with Crippen molar-refractivity contribution in [1.29, 1.82) is 0 Å². The Labute approximate surface area is 112 Å². The molecule has 4 heteroatoms. The summed E-state index contributed by atoms with van der Waals surface area (Å²) < 4.78 is 0. The van der Waals surface area contributed by atoms with E-state index in [4.69, 9.17) is 23.2 Å². The van der Waals surface area contributed by atoms with Gasteiger partial charge in [-0.3, -0.25) is 4.90 Å². The van der Waals surface area contributed by atoms with Gasteiger partial charge in [0.1, 0.15) is 6.29 Å². The molecule has 2 nitrogen and oxygen atoms in total. The SMILES string of the molecule is O=CC1CCN(Cc2ccc(Cl)c(Cl)c2)CC1. The van der Waals surface area contributed by atoms with Gasteiger partial charge in [0.25, 0.3) is 0 Å². The predicted octanol–water partition coefficient (Wildman–Crippen LogP) is 3.40. The van der Waals surface area contributed by atoms with Gasteiger partial charge >= 0.3 is 0 Å². The van der Waals surface area contributed by atoms with Crippen LogP contribution in [0.2, 0.25) is 10.0 Å². The van der Waals surface area contributed by atoms with Gasteiger partial charge in [-0.15, -0.1) is 0 Å². The maximum absolute atomic E-state index is 10.7. The zero-order valence-electron chi connectivity index (χ0n) is 9.53. The minimum absolute atomic E-state index is 0.250. The summed E-state index contributed by atoms with van der Waals surface area (Å²) in [5.41, 5.74) is 1.17. The van der Waals surface area contributed by atoms with Crippen LogP contribution in [0.3, 0.4) is 0 Å². The highest BCUT2D eigenvalue weighted by Crippen LogP contribution is 2.24. The van der Waals surface area contributed by atoms with E-state index in [0.29, 0.717) is 10.0 Å². The molecule has 1 aliphatic heterocycles. The molecular weight excluding hydrogens is 257 g/mol. The molecule has 0 N–H and O–H groups in total. The largest absolute Gasteiger partial charge is 0.303 e. The van der Waals surface area contributed by atoms with Gasteiger partial charge in [-0.25, -0.2) is 0 Å². The Morgan fingerprint density at radius 2 is 1.94 bits per heavy atom. The number of carbonyl (C=O) groups excluding carboxylic acids is 1. The third kappa shape index (κ3) is 3.44. The molecule has 0 amide bonds. The van der Waals surface area contributed by atoms with E-state index in [2.05, 4.69) is 4.90 Å². The number of benzene rings is 1. The van der Waals surface area contributed by atoms with E-state index in [9.17, 15) is 4.79 Å². The van der Waals surface area contributed by atoms with Crippen molar-refractivity contribution in [1.82, 2.24) is 4.90 Å². The van der Waals surface area contributed by atoms with Gasteiger partial charge in [-0.05, 0) is 43.6 Å². The van der Waals surface area contributed by atoms with Crippen LogP contribution in [0.4, 0.5) is 0 Å². The normalized spacial score (nSPS) is 18.2. The van der Waals surface area contributed by atoms with Gasteiger partial charge < -0.3 is 4.79 Å². The van der Waals surface area contributed by atoms with Crippen molar-refractivity contribution in [2.45, 2.75) is 19.4 Å². The number of rotatable bonds is 3. The first kappa shape index (κ1) is 12.9. The van der Waals surface area contributed by atoms with E-state index in [1.165, 1.54) is 5.56 Å². The molecule has 0 unspecified atom stereocenters. The fraction of sp³-hybridized carbons (Fsp3) is 0.462. The fourth-order valence-electron chi connectivity index (χ4n) is 2.14. The van der Waals surface area contributed by atoms with Gasteiger partial charge in [0, 0.05) is 12.5 Å². The van der Waals surface area contributed by atoms with Crippen molar-refractivity contribution in [2.75, 3.05) is 13.1 Å². The quantitative estimate of drug-likeness (QED) is 0.786. The number of hydrogen-bond acceptors (Lipinski definition) is 2. The number of aldehydes is 1. The second-order valence-electron chi connectivity index (χ2n) is 4.50. The molecule has 92 valence electrons. The van der Waals surface area contributed by atoms with Gasteiger partial charge in [-0.2, -0.15) is 0 Å². The Morgan fingerprint density at radius 1 is 1.24 bits per heavy atom. The predicted molar refractivity (Wildman–Crippen MR) is 70.5 cm³/mol. The van der Waals surface area contributed by atoms with Crippen molar-refractivity contribution in [3.8, 4) is 0 Å². The van der Waals surface area contributed by atoms with Crippen LogP contribution in [-0.4, -0.2) is 24.3 Å². The van der Waals surface area contributed by atoms with Crippen LogP contribution in [0, 0.1) is 5.92 Å².